The highest BCUT2D eigenvalue weighted by atomic mass is 16.5. The van der Waals surface area contributed by atoms with Gasteiger partial charge in [-0.05, 0) is 43.5 Å². The zero-order valence-electron chi connectivity index (χ0n) is 12.2. The number of hydrogen-bond donors (Lipinski definition) is 2. The Kier molecular flexibility index (Phi) is 7.82. The summed E-state index contributed by atoms with van der Waals surface area (Å²) in [5, 5.41) is 11.4. The number of amides is 1. The maximum atomic E-state index is 11.6. The fraction of sp³-hybridized carbons (Fsp3) is 0.375. The summed E-state index contributed by atoms with van der Waals surface area (Å²) in [6, 6.07) is 7.15. The van der Waals surface area contributed by atoms with E-state index in [0.29, 0.717) is 31.6 Å². The molecule has 1 amide bonds. The van der Waals surface area contributed by atoms with Gasteiger partial charge in [-0.3, -0.25) is 4.79 Å². The van der Waals surface area contributed by atoms with Gasteiger partial charge in [-0.15, -0.1) is 0 Å². The summed E-state index contributed by atoms with van der Waals surface area (Å²) in [5.41, 5.74) is 1.55. The second-order valence-electron chi connectivity index (χ2n) is 4.44. The molecule has 0 aliphatic carbocycles. The maximum absolute atomic E-state index is 11.6. The predicted octanol–water partition coefficient (Wildman–Crippen LogP) is 2.36. The van der Waals surface area contributed by atoms with Crippen LogP contribution in [0, 0.1) is 0 Å². The van der Waals surface area contributed by atoms with E-state index in [-0.39, 0.29) is 18.5 Å². The monoisotopic (exact) mass is 291 g/mol. The molecule has 0 fully saturated rings. The number of hydrogen-bond acceptors (Lipinski definition) is 4. The number of rotatable bonds is 8. The van der Waals surface area contributed by atoms with Gasteiger partial charge in [0, 0.05) is 24.8 Å². The average Bonchev–Trinajstić information content (AvgIpc) is 2.47. The summed E-state index contributed by atoms with van der Waals surface area (Å²) >= 11 is 0. The van der Waals surface area contributed by atoms with Gasteiger partial charge in [0.1, 0.15) is 0 Å². The zero-order valence-corrected chi connectivity index (χ0v) is 12.2. The minimum absolute atomic E-state index is 0.0711. The van der Waals surface area contributed by atoms with Crippen molar-refractivity contribution in [3.8, 4) is 0 Å². The lowest BCUT2D eigenvalue weighted by Gasteiger charge is -2.05. The van der Waals surface area contributed by atoms with Crippen molar-refractivity contribution in [1.82, 2.24) is 0 Å². The van der Waals surface area contributed by atoms with E-state index in [9.17, 15) is 9.59 Å². The Balaban J connectivity index is 2.46. The molecule has 114 valence electrons. The van der Waals surface area contributed by atoms with Crippen LogP contribution in [0.4, 0.5) is 5.69 Å². The molecule has 0 saturated carbocycles. The molecular formula is C16H21NO4. The molecule has 0 saturated heterocycles. The van der Waals surface area contributed by atoms with Gasteiger partial charge in [-0.2, -0.15) is 0 Å². The topological polar surface area (TPSA) is 75.6 Å². The number of benzene rings is 1. The van der Waals surface area contributed by atoms with Gasteiger partial charge < -0.3 is 15.2 Å². The third-order valence-electron chi connectivity index (χ3n) is 2.70. The van der Waals surface area contributed by atoms with Gasteiger partial charge in [0.15, 0.2) is 0 Å². The Bertz CT molecular complexity index is 480. The highest BCUT2D eigenvalue weighted by Crippen LogP contribution is 2.11. The molecule has 0 unspecified atom stereocenters. The van der Waals surface area contributed by atoms with Gasteiger partial charge in [-0.1, -0.05) is 12.1 Å². The molecule has 2 N–H and O–H groups in total. The number of nitrogens with one attached hydrogen (secondary N) is 1. The van der Waals surface area contributed by atoms with Crippen LogP contribution in [-0.4, -0.2) is 30.2 Å². The Morgan fingerprint density at radius 3 is 2.57 bits per heavy atom. The summed E-state index contributed by atoms with van der Waals surface area (Å²) in [4.78, 5) is 22.8. The Morgan fingerprint density at radius 1 is 1.24 bits per heavy atom. The minimum atomic E-state index is -0.376. The summed E-state index contributed by atoms with van der Waals surface area (Å²) in [5.74, 6) is -0.447. The second-order valence-corrected chi connectivity index (χ2v) is 4.44. The molecule has 0 aliphatic rings. The molecule has 5 heteroatoms. The molecule has 1 aromatic carbocycles. The van der Waals surface area contributed by atoms with E-state index >= 15 is 0 Å². The van der Waals surface area contributed by atoms with Crippen LogP contribution < -0.4 is 5.32 Å². The van der Waals surface area contributed by atoms with Crippen LogP contribution in [0.5, 0.6) is 0 Å². The van der Waals surface area contributed by atoms with Gasteiger partial charge in [0.05, 0.1) is 6.61 Å². The van der Waals surface area contributed by atoms with Crippen LogP contribution in [-0.2, 0) is 14.3 Å². The van der Waals surface area contributed by atoms with E-state index in [1.165, 1.54) is 6.08 Å². The van der Waals surface area contributed by atoms with Crippen molar-refractivity contribution in [2.45, 2.75) is 26.2 Å². The summed E-state index contributed by atoms with van der Waals surface area (Å²) in [6.07, 6.45) is 4.72. The molecule has 1 aromatic rings. The van der Waals surface area contributed by atoms with Crippen LogP contribution in [0.25, 0.3) is 6.08 Å². The molecule has 5 nitrogen and oxygen atoms in total. The first-order valence-corrected chi connectivity index (χ1v) is 7.01. The molecule has 0 spiro atoms. The molecule has 21 heavy (non-hydrogen) atoms. The molecule has 0 radical (unpaired) electrons. The fourth-order valence-corrected chi connectivity index (χ4v) is 1.65. The third-order valence-corrected chi connectivity index (χ3v) is 2.70. The Morgan fingerprint density at radius 2 is 1.95 bits per heavy atom. The fourth-order valence-electron chi connectivity index (χ4n) is 1.65. The molecule has 0 atom stereocenters. The van der Waals surface area contributed by atoms with E-state index < -0.39 is 0 Å². The third kappa shape index (κ3) is 7.27. The highest BCUT2D eigenvalue weighted by Gasteiger charge is 2.02. The predicted molar refractivity (Wildman–Crippen MR) is 81.7 cm³/mol. The summed E-state index contributed by atoms with van der Waals surface area (Å²) in [7, 11) is 0. The number of unbranched alkanes of at least 4 members (excludes halogenated alkanes) is 1. The standard InChI is InChI=1S/C16H21NO4/c1-2-21-16(20)11-8-13-6-9-14(10-7-13)17-15(19)5-3-4-12-18/h6-11,18H,2-5,12H2,1H3,(H,17,19). The molecular weight excluding hydrogens is 270 g/mol. The lowest BCUT2D eigenvalue weighted by molar-refractivity contribution is -0.137. The largest absolute Gasteiger partial charge is 0.463 e. The van der Waals surface area contributed by atoms with E-state index in [2.05, 4.69) is 5.32 Å². The first-order valence-electron chi connectivity index (χ1n) is 7.01. The summed E-state index contributed by atoms with van der Waals surface area (Å²) < 4.78 is 4.79. The van der Waals surface area contributed by atoms with Gasteiger partial charge in [-0.25, -0.2) is 4.79 Å². The molecule has 0 heterocycles. The van der Waals surface area contributed by atoms with Gasteiger partial charge in [0.25, 0.3) is 0 Å². The van der Waals surface area contributed by atoms with E-state index in [0.717, 1.165) is 5.56 Å². The van der Waals surface area contributed by atoms with Crippen molar-refractivity contribution in [2.24, 2.45) is 0 Å². The number of carbonyl (C=O) groups excluding carboxylic acids is 2. The van der Waals surface area contributed by atoms with Crippen molar-refractivity contribution < 1.29 is 19.4 Å². The molecule has 1 rings (SSSR count). The molecule has 0 bridgehead atoms. The SMILES string of the molecule is CCOC(=O)C=Cc1ccc(NC(=O)CCCCO)cc1. The van der Waals surface area contributed by atoms with Crippen LogP contribution in [0.1, 0.15) is 31.7 Å². The van der Waals surface area contributed by atoms with E-state index in [4.69, 9.17) is 9.84 Å². The number of esters is 1. The van der Waals surface area contributed by atoms with Crippen LogP contribution in [0.15, 0.2) is 30.3 Å². The van der Waals surface area contributed by atoms with Crippen molar-refractivity contribution >= 4 is 23.6 Å². The first-order chi connectivity index (χ1) is 10.2. The van der Waals surface area contributed by atoms with Crippen molar-refractivity contribution in [3.05, 3.63) is 35.9 Å². The smallest absolute Gasteiger partial charge is 0.330 e. The maximum Gasteiger partial charge on any atom is 0.330 e. The van der Waals surface area contributed by atoms with Crippen LogP contribution in [0.2, 0.25) is 0 Å². The number of anilines is 1. The highest BCUT2D eigenvalue weighted by molar-refractivity contribution is 5.91. The van der Waals surface area contributed by atoms with Crippen molar-refractivity contribution in [2.75, 3.05) is 18.5 Å². The van der Waals surface area contributed by atoms with Gasteiger partial charge in [0.2, 0.25) is 5.91 Å². The molecule has 0 aromatic heterocycles. The van der Waals surface area contributed by atoms with Crippen molar-refractivity contribution in [3.63, 3.8) is 0 Å². The number of carbonyl (C=O) groups is 2. The normalized spacial score (nSPS) is 10.6. The molecule has 0 aliphatic heterocycles. The average molecular weight is 291 g/mol. The second kappa shape index (κ2) is 9.72. The zero-order chi connectivity index (χ0) is 15.5. The summed E-state index contributed by atoms with van der Waals surface area (Å²) in [6.45, 7) is 2.21. The lowest BCUT2D eigenvalue weighted by atomic mass is 10.2. The number of ether oxygens (including phenoxy) is 1. The van der Waals surface area contributed by atoms with E-state index in [1.54, 1.807) is 37.3 Å². The van der Waals surface area contributed by atoms with Crippen molar-refractivity contribution in [1.29, 1.82) is 0 Å². The Hall–Kier alpha value is -2.14. The quantitative estimate of drug-likeness (QED) is 0.438. The van der Waals surface area contributed by atoms with Gasteiger partial charge >= 0.3 is 5.97 Å². The lowest BCUT2D eigenvalue weighted by Crippen LogP contribution is -2.11. The number of aliphatic hydroxyl groups is 1. The minimum Gasteiger partial charge on any atom is -0.463 e. The Labute approximate surface area is 124 Å². The number of aliphatic hydroxyl groups excluding tert-OH is 1. The van der Waals surface area contributed by atoms with Crippen LogP contribution >= 0.6 is 0 Å². The first kappa shape index (κ1) is 16.9. The van der Waals surface area contributed by atoms with E-state index in [1.807, 2.05) is 0 Å². The van der Waals surface area contributed by atoms with Crippen LogP contribution in [0.3, 0.4) is 0 Å².